The van der Waals surface area contributed by atoms with Crippen LogP contribution in [-0.4, -0.2) is 13.0 Å². The summed E-state index contributed by atoms with van der Waals surface area (Å²) in [6, 6.07) is 7.76. The van der Waals surface area contributed by atoms with Crippen molar-refractivity contribution in [2.24, 2.45) is 10.2 Å². The molecule has 0 amide bonds. The van der Waals surface area contributed by atoms with E-state index in [2.05, 4.69) is 19.6 Å². The summed E-state index contributed by atoms with van der Waals surface area (Å²) in [7, 11) is -4.70. The Morgan fingerprint density at radius 3 is 2.23 bits per heavy atom. The average molecular weight is 416 g/mol. The van der Waals surface area contributed by atoms with E-state index in [4.69, 9.17) is 11.5 Å². The topological polar surface area (TPSA) is 175 Å². The molecule has 10 nitrogen and oxygen atoms in total. The number of hydrogen-bond acceptors (Lipinski definition) is 11. The minimum Gasteiger partial charge on any atom is -0.744 e. The minimum absolute atomic E-state index is 0. The van der Waals surface area contributed by atoms with E-state index in [1.165, 1.54) is 18.2 Å². The van der Waals surface area contributed by atoms with Crippen LogP contribution in [0.15, 0.2) is 56.4 Å². The van der Waals surface area contributed by atoms with E-state index in [1.807, 2.05) is 0 Å². The van der Waals surface area contributed by atoms with Gasteiger partial charge in [0.15, 0.2) is 0 Å². The zero-order valence-corrected chi connectivity index (χ0v) is 19.4. The van der Waals surface area contributed by atoms with Crippen molar-refractivity contribution in [2.45, 2.75) is 9.79 Å². The third-order valence-corrected chi connectivity index (χ3v) is 4.17. The van der Waals surface area contributed by atoms with E-state index in [1.54, 1.807) is 6.07 Å². The Hall–Kier alpha value is -0.220. The summed E-state index contributed by atoms with van der Waals surface area (Å²) >= 11 is 0.472. The van der Waals surface area contributed by atoms with Crippen molar-refractivity contribution in [3.63, 3.8) is 0 Å². The second kappa shape index (κ2) is 11.6. The molecular formula is C12H10N4Na2O6S2. The predicted octanol–water partition coefficient (Wildman–Crippen LogP) is -4.59. The van der Waals surface area contributed by atoms with Crippen molar-refractivity contribution in [3.05, 3.63) is 36.4 Å². The molecule has 0 aliphatic carbocycles. The molecule has 0 spiro atoms. The van der Waals surface area contributed by atoms with Gasteiger partial charge in [-0.2, -0.15) is 4.33 Å². The molecule has 0 saturated heterocycles. The fraction of sp³-hybridized carbons (Fsp3) is 0. The van der Waals surface area contributed by atoms with Crippen LogP contribution in [0, 0.1) is 0 Å². The van der Waals surface area contributed by atoms with E-state index in [0.29, 0.717) is 17.7 Å². The summed E-state index contributed by atoms with van der Waals surface area (Å²) in [5, 5.41) is 20.9. The van der Waals surface area contributed by atoms with Gasteiger partial charge in [0.1, 0.15) is 21.5 Å². The molecule has 14 heteroatoms. The van der Waals surface area contributed by atoms with Gasteiger partial charge in [0.2, 0.25) is 0 Å². The van der Waals surface area contributed by atoms with Gasteiger partial charge in [0.25, 0.3) is 0 Å². The summed E-state index contributed by atoms with van der Waals surface area (Å²) in [6.45, 7) is 0. The second-order valence-corrected chi connectivity index (χ2v) is 6.44. The molecular weight excluding hydrogens is 406 g/mol. The van der Waals surface area contributed by atoms with Gasteiger partial charge in [-0.1, -0.05) is 0 Å². The summed E-state index contributed by atoms with van der Waals surface area (Å²) < 4.78 is 37.5. The van der Waals surface area contributed by atoms with Crippen molar-refractivity contribution in [3.8, 4) is 0 Å². The molecule has 0 unspecified atom stereocenters. The zero-order chi connectivity index (χ0) is 17.7. The van der Waals surface area contributed by atoms with Gasteiger partial charge in [-0.05, 0) is 36.4 Å². The zero-order valence-electron chi connectivity index (χ0n) is 13.8. The number of azo groups is 1. The molecule has 0 heterocycles. The van der Waals surface area contributed by atoms with E-state index in [9.17, 15) is 18.2 Å². The molecule has 128 valence electrons. The summed E-state index contributed by atoms with van der Waals surface area (Å²) in [5.74, 6) is 0. The van der Waals surface area contributed by atoms with Crippen LogP contribution in [0.25, 0.3) is 0 Å². The monoisotopic (exact) mass is 416 g/mol. The Morgan fingerprint density at radius 2 is 1.65 bits per heavy atom. The van der Waals surface area contributed by atoms with Gasteiger partial charge >= 0.3 is 59.1 Å². The van der Waals surface area contributed by atoms with Crippen molar-refractivity contribution >= 4 is 44.9 Å². The molecule has 0 saturated carbocycles. The fourth-order valence-corrected chi connectivity index (χ4v) is 2.52. The number of rotatable bonds is 6. The number of hydrogen-bond donors (Lipinski definition) is 2. The third-order valence-electron chi connectivity index (χ3n) is 2.69. The molecule has 0 atom stereocenters. The number of nitrogen functional groups attached to an aromatic ring is 2. The average Bonchev–Trinajstić information content (AvgIpc) is 2.51. The Labute approximate surface area is 197 Å². The predicted molar refractivity (Wildman–Crippen MR) is 81.9 cm³/mol. The molecule has 0 aromatic heterocycles. The maximum absolute atomic E-state index is 11.1. The molecule has 2 rings (SSSR count). The Kier molecular flexibility index (Phi) is 11.5. The molecule has 26 heavy (non-hydrogen) atoms. The third kappa shape index (κ3) is 7.42. The molecule has 0 fully saturated rings. The van der Waals surface area contributed by atoms with Crippen molar-refractivity contribution in [2.75, 3.05) is 11.5 Å². The van der Waals surface area contributed by atoms with Crippen LogP contribution in [0.5, 0.6) is 0 Å². The van der Waals surface area contributed by atoms with Crippen LogP contribution in [0.4, 0.5) is 22.7 Å². The van der Waals surface area contributed by atoms with E-state index < -0.39 is 15.0 Å². The van der Waals surface area contributed by atoms with Gasteiger partial charge in [0.05, 0.1) is 27.5 Å². The smallest absolute Gasteiger partial charge is 0.744 e. The Bertz CT molecular complexity index is 882. The largest absolute Gasteiger partial charge is 1.00 e. The van der Waals surface area contributed by atoms with Crippen LogP contribution < -0.4 is 75.8 Å². The van der Waals surface area contributed by atoms with Crippen LogP contribution in [0.3, 0.4) is 0 Å². The van der Waals surface area contributed by atoms with Crippen molar-refractivity contribution in [1.82, 2.24) is 0 Å². The maximum Gasteiger partial charge on any atom is 1.00 e. The van der Waals surface area contributed by atoms with Crippen LogP contribution >= 0.6 is 12.0 Å². The van der Waals surface area contributed by atoms with Gasteiger partial charge < -0.3 is 21.3 Å². The fourth-order valence-electron chi connectivity index (χ4n) is 1.62. The standard InChI is InChI=1S/C12H12N4O6S2.2Na/c13-7-1-3-10(9(14)5-7)15-16-11-6-8(24(18,19)20)2-4-12(11)23-22-21-17;;/h1-6,17H,13-14H2,(H,18,19,20);;/q;2*+1/p-2. The van der Waals surface area contributed by atoms with E-state index in [0.717, 1.165) is 12.1 Å². The number of anilines is 2. The molecule has 0 radical (unpaired) electrons. The molecule has 0 aliphatic heterocycles. The molecule has 4 N–H and O–H groups in total. The van der Waals surface area contributed by atoms with Crippen molar-refractivity contribution < 1.29 is 86.7 Å². The molecule has 0 aliphatic rings. The quantitative estimate of drug-likeness (QED) is 0.0892. The number of nitrogens with two attached hydrogens (primary N) is 2. The Morgan fingerprint density at radius 1 is 1.00 bits per heavy atom. The number of benzene rings is 2. The SMILES string of the molecule is Nc1ccc(N=Nc2cc(S(=O)(=O)[O-])ccc2SOO[O-])c(N)c1.[Na+].[Na+]. The summed E-state index contributed by atoms with van der Waals surface area (Å²) in [6.07, 6.45) is 0. The van der Waals surface area contributed by atoms with Crippen LogP contribution in [0.1, 0.15) is 0 Å². The first kappa shape index (κ1) is 25.8. The van der Waals surface area contributed by atoms with E-state index in [-0.39, 0.29) is 81.1 Å². The maximum atomic E-state index is 11.1. The second-order valence-electron chi connectivity index (χ2n) is 4.32. The normalized spacial score (nSPS) is 11.0. The first-order valence-corrected chi connectivity index (χ1v) is 8.26. The van der Waals surface area contributed by atoms with Crippen LogP contribution in [0.2, 0.25) is 0 Å². The summed E-state index contributed by atoms with van der Waals surface area (Å²) in [4.78, 5) is -0.329. The van der Waals surface area contributed by atoms with Gasteiger partial charge in [-0.25, -0.2) is 8.42 Å². The first-order chi connectivity index (χ1) is 11.3. The molecule has 2 aromatic rings. The van der Waals surface area contributed by atoms with Gasteiger partial charge in [-0.3, -0.25) is 5.04 Å². The van der Waals surface area contributed by atoms with Gasteiger partial charge in [0, 0.05) is 5.69 Å². The summed E-state index contributed by atoms with van der Waals surface area (Å²) in [5.41, 5.74) is 12.2. The van der Waals surface area contributed by atoms with Crippen LogP contribution in [-0.2, 0) is 19.5 Å². The molecule has 0 bridgehead atoms. The molecule has 2 aromatic carbocycles. The van der Waals surface area contributed by atoms with E-state index >= 15 is 0 Å². The first-order valence-electron chi connectivity index (χ1n) is 6.11. The number of nitrogens with zero attached hydrogens (tertiary/aromatic N) is 2. The minimum atomic E-state index is -4.70. The Balaban J connectivity index is 0.00000312. The van der Waals surface area contributed by atoms with Gasteiger partial charge in [-0.15, -0.1) is 10.2 Å². The van der Waals surface area contributed by atoms with Crippen molar-refractivity contribution in [1.29, 1.82) is 0 Å².